The molecule has 7 nitrogen and oxygen atoms in total. The molecule has 0 aliphatic carbocycles. The molecule has 4 rings (SSSR count). The third-order valence-corrected chi connectivity index (χ3v) is 6.77. The van der Waals surface area contributed by atoms with Crippen molar-refractivity contribution in [3.05, 3.63) is 46.0 Å². The van der Waals surface area contributed by atoms with E-state index in [1.54, 1.807) is 0 Å². The number of aliphatic hydroxyl groups is 1. The Morgan fingerprint density at radius 3 is 2.93 bits per heavy atom. The van der Waals surface area contributed by atoms with Crippen molar-refractivity contribution in [2.45, 2.75) is 57.7 Å². The second-order valence-electron chi connectivity index (χ2n) is 8.33. The highest BCUT2D eigenvalue weighted by molar-refractivity contribution is 5.86. The molecule has 0 amide bonds. The van der Waals surface area contributed by atoms with E-state index in [1.807, 2.05) is 34.6 Å². The van der Waals surface area contributed by atoms with Gasteiger partial charge in [-0.05, 0) is 49.8 Å². The van der Waals surface area contributed by atoms with Gasteiger partial charge in [-0.1, -0.05) is 30.2 Å². The standard InChI is InChI=1S/C21H26N6O/c1-3-21-10-6-12-26(14-22)19(21)18-16(9-11-24-25-23)15-7-4-5-8-17(15)27(18)20(2,28)13-21/h4-5,7-8,19,28H,3,6,9-13H2,1-2H3/t19-,20-,21+/m1/s1. The summed E-state index contributed by atoms with van der Waals surface area (Å²) in [6.45, 7) is 5.15. The molecule has 28 heavy (non-hydrogen) atoms. The number of nitrogens with zero attached hydrogens (tertiary/aromatic N) is 6. The van der Waals surface area contributed by atoms with Crippen LogP contribution in [0.3, 0.4) is 0 Å². The molecule has 0 saturated carbocycles. The van der Waals surface area contributed by atoms with E-state index in [4.69, 9.17) is 5.53 Å². The molecule has 0 bridgehead atoms. The zero-order valence-corrected chi connectivity index (χ0v) is 16.5. The van der Waals surface area contributed by atoms with Gasteiger partial charge in [-0.3, -0.25) is 0 Å². The van der Waals surface area contributed by atoms with Crippen molar-refractivity contribution in [2.24, 2.45) is 10.5 Å². The van der Waals surface area contributed by atoms with Gasteiger partial charge in [0.05, 0.1) is 11.6 Å². The van der Waals surface area contributed by atoms with Gasteiger partial charge in [0, 0.05) is 40.9 Å². The number of para-hydroxylation sites is 1. The molecule has 0 spiro atoms. The normalized spacial score (nSPS) is 28.9. The number of benzene rings is 1. The summed E-state index contributed by atoms with van der Waals surface area (Å²) in [4.78, 5) is 4.81. The number of hydrogen-bond acceptors (Lipinski definition) is 4. The molecule has 1 fully saturated rings. The zero-order valence-electron chi connectivity index (χ0n) is 16.5. The second-order valence-corrected chi connectivity index (χ2v) is 8.33. The van der Waals surface area contributed by atoms with Crippen LogP contribution in [0.1, 0.15) is 56.8 Å². The lowest BCUT2D eigenvalue weighted by Gasteiger charge is -2.55. The van der Waals surface area contributed by atoms with Crippen LogP contribution >= 0.6 is 0 Å². The molecule has 3 atom stereocenters. The van der Waals surface area contributed by atoms with E-state index in [9.17, 15) is 10.4 Å². The third kappa shape index (κ3) is 2.56. The van der Waals surface area contributed by atoms with Crippen molar-refractivity contribution in [2.75, 3.05) is 13.1 Å². The van der Waals surface area contributed by atoms with Gasteiger partial charge >= 0.3 is 0 Å². The molecular formula is C21H26N6O. The fraction of sp³-hybridized carbons (Fsp3) is 0.571. The summed E-state index contributed by atoms with van der Waals surface area (Å²) in [5.41, 5.74) is 10.7. The SMILES string of the molecule is CC[C@@]12CCCN(C#N)[C@@H]1c1c(CCN=[N+]=[N-])c3ccccc3n1[C@](C)(O)C2. The van der Waals surface area contributed by atoms with E-state index >= 15 is 0 Å². The maximum Gasteiger partial charge on any atom is 0.179 e. The smallest absolute Gasteiger partial charge is 0.179 e. The molecule has 2 aliphatic rings. The number of likely N-dealkylation sites (tertiary alicyclic amines) is 1. The van der Waals surface area contributed by atoms with Crippen LogP contribution in [0.25, 0.3) is 21.3 Å². The topological polar surface area (TPSA) is 101 Å². The molecule has 1 saturated heterocycles. The minimum Gasteiger partial charge on any atom is -0.371 e. The highest BCUT2D eigenvalue weighted by Crippen LogP contribution is 2.59. The summed E-state index contributed by atoms with van der Waals surface area (Å²) in [5.74, 6) is 0. The maximum absolute atomic E-state index is 11.6. The van der Waals surface area contributed by atoms with Crippen molar-refractivity contribution in [1.29, 1.82) is 5.26 Å². The van der Waals surface area contributed by atoms with Crippen molar-refractivity contribution in [3.8, 4) is 6.19 Å². The van der Waals surface area contributed by atoms with Crippen LogP contribution in [0.2, 0.25) is 0 Å². The summed E-state index contributed by atoms with van der Waals surface area (Å²) in [6, 6.07) is 8.01. The first-order valence-electron chi connectivity index (χ1n) is 10.0. The molecule has 1 aromatic carbocycles. The Balaban J connectivity index is 2.05. The number of hydrogen-bond donors (Lipinski definition) is 1. The highest BCUT2D eigenvalue weighted by atomic mass is 16.3. The Kier molecular flexibility index (Phi) is 4.49. The monoisotopic (exact) mass is 378 g/mol. The average molecular weight is 378 g/mol. The fourth-order valence-corrected chi connectivity index (χ4v) is 5.77. The number of rotatable bonds is 4. The van der Waals surface area contributed by atoms with Gasteiger partial charge in [-0.25, -0.2) is 0 Å². The molecule has 3 heterocycles. The van der Waals surface area contributed by atoms with E-state index in [1.165, 1.54) is 0 Å². The predicted molar refractivity (Wildman–Crippen MR) is 107 cm³/mol. The number of piperidine rings is 1. The summed E-state index contributed by atoms with van der Waals surface area (Å²) >= 11 is 0. The van der Waals surface area contributed by atoms with Crippen molar-refractivity contribution in [3.63, 3.8) is 0 Å². The first kappa shape index (κ1) is 18.7. The summed E-state index contributed by atoms with van der Waals surface area (Å²) in [5, 5.41) is 26.3. The maximum atomic E-state index is 11.6. The number of nitriles is 1. The van der Waals surface area contributed by atoms with Gasteiger partial charge in [-0.2, -0.15) is 5.26 Å². The Labute approximate surface area is 164 Å². The quantitative estimate of drug-likeness (QED) is 0.365. The van der Waals surface area contributed by atoms with Gasteiger partial charge in [0.15, 0.2) is 6.19 Å². The second kappa shape index (κ2) is 6.73. The largest absolute Gasteiger partial charge is 0.371 e. The van der Waals surface area contributed by atoms with Crippen LogP contribution in [0.5, 0.6) is 0 Å². The van der Waals surface area contributed by atoms with Crippen molar-refractivity contribution in [1.82, 2.24) is 9.47 Å². The first-order valence-corrected chi connectivity index (χ1v) is 10.0. The van der Waals surface area contributed by atoms with Crippen LogP contribution in [0.4, 0.5) is 0 Å². The molecule has 1 aromatic heterocycles. The molecule has 146 valence electrons. The van der Waals surface area contributed by atoms with Gasteiger partial charge in [-0.15, -0.1) is 0 Å². The highest BCUT2D eigenvalue weighted by Gasteiger charge is 2.54. The first-order chi connectivity index (χ1) is 13.5. The van der Waals surface area contributed by atoms with Crippen LogP contribution < -0.4 is 0 Å². The van der Waals surface area contributed by atoms with Gasteiger partial charge in [0.1, 0.15) is 5.72 Å². The van der Waals surface area contributed by atoms with Gasteiger partial charge in [0.2, 0.25) is 0 Å². The Bertz CT molecular complexity index is 996. The molecule has 7 heteroatoms. The summed E-state index contributed by atoms with van der Waals surface area (Å²) < 4.78 is 2.04. The lowest BCUT2D eigenvalue weighted by molar-refractivity contribution is -0.122. The van der Waals surface area contributed by atoms with Crippen LogP contribution in [0.15, 0.2) is 29.4 Å². The molecule has 2 aromatic rings. The molecule has 1 N–H and O–H groups in total. The van der Waals surface area contributed by atoms with E-state index in [2.05, 4.69) is 29.2 Å². The minimum absolute atomic E-state index is 0.0649. The molecule has 0 unspecified atom stereocenters. The Morgan fingerprint density at radius 2 is 2.21 bits per heavy atom. The van der Waals surface area contributed by atoms with E-state index in [-0.39, 0.29) is 11.5 Å². The Hall–Kier alpha value is -2.68. The van der Waals surface area contributed by atoms with Crippen LogP contribution in [-0.4, -0.2) is 27.7 Å². The number of aromatic nitrogens is 1. The molecule has 2 aliphatic heterocycles. The lowest BCUT2D eigenvalue weighted by Crippen LogP contribution is -2.54. The lowest BCUT2D eigenvalue weighted by atomic mass is 9.63. The van der Waals surface area contributed by atoms with Gasteiger partial charge < -0.3 is 14.6 Å². The van der Waals surface area contributed by atoms with Crippen molar-refractivity contribution >= 4 is 10.9 Å². The van der Waals surface area contributed by atoms with Gasteiger partial charge in [0.25, 0.3) is 0 Å². The van der Waals surface area contributed by atoms with Crippen LogP contribution in [-0.2, 0) is 12.1 Å². The van der Waals surface area contributed by atoms with E-state index < -0.39 is 5.72 Å². The summed E-state index contributed by atoms with van der Waals surface area (Å²) in [7, 11) is 0. The van der Waals surface area contributed by atoms with Crippen molar-refractivity contribution < 1.29 is 5.11 Å². The fourth-order valence-electron chi connectivity index (χ4n) is 5.77. The Morgan fingerprint density at radius 1 is 1.43 bits per heavy atom. The molecular weight excluding hydrogens is 352 g/mol. The number of fused-ring (bicyclic) bond motifs is 5. The third-order valence-electron chi connectivity index (χ3n) is 6.77. The van der Waals surface area contributed by atoms with Crippen LogP contribution in [0, 0.1) is 16.9 Å². The minimum atomic E-state index is -1.03. The average Bonchev–Trinajstić information content (AvgIpc) is 3.02. The predicted octanol–water partition coefficient (Wildman–Crippen LogP) is 4.58. The summed E-state index contributed by atoms with van der Waals surface area (Å²) in [6.07, 6.45) is 6.51. The van der Waals surface area contributed by atoms with E-state index in [0.29, 0.717) is 19.4 Å². The zero-order chi connectivity index (χ0) is 19.9. The molecule has 0 radical (unpaired) electrons. The van der Waals surface area contributed by atoms with E-state index in [0.717, 1.165) is 48.0 Å². The number of azide groups is 1.